The van der Waals surface area contributed by atoms with Gasteiger partial charge in [-0.2, -0.15) is 0 Å². The predicted molar refractivity (Wildman–Crippen MR) is 122 cm³/mol. The lowest BCUT2D eigenvalue weighted by Crippen LogP contribution is -2.40. The topological polar surface area (TPSA) is 36.9 Å². The van der Waals surface area contributed by atoms with Crippen LogP contribution in [0.5, 0.6) is 0 Å². The van der Waals surface area contributed by atoms with Crippen molar-refractivity contribution in [1.82, 2.24) is 0 Å². The fourth-order valence-electron chi connectivity index (χ4n) is 3.14. The molecule has 164 valence electrons. The number of hydrogen-bond acceptors (Lipinski definition) is 4. The van der Waals surface area contributed by atoms with Crippen LogP contribution in [0.25, 0.3) is 0 Å². The van der Waals surface area contributed by atoms with Crippen LogP contribution < -0.4 is 0 Å². The van der Waals surface area contributed by atoms with Gasteiger partial charge < -0.3 is 18.6 Å². The van der Waals surface area contributed by atoms with E-state index in [-0.39, 0.29) is 18.3 Å². The molecule has 0 aliphatic rings. The van der Waals surface area contributed by atoms with Gasteiger partial charge in [-0.15, -0.1) is 0 Å². The standard InChI is InChI=1S/C23H44O4Si/c1-8-15-24-21(5)12-18-28(27-11-4,19-13-22(6)25-16-9-2)20-14-23(7)26-17-10-3/h8-10,15-17,21-23H,11-14,18-20H2,1-7H3/b15-8-,16-9-,17-10-. The maximum Gasteiger partial charge on any atom is 0.193 e. The summed E-state index contributed by atoms with van der Waals surface area (Å²) in [7, 11) is -1.91. The monoisotopic (exact) mass is 412 g/mol. The molecule has 0 spiro atoms. The molecule has 0 saturated carbocycles. The van der Waals surface area contributed by atoms with E-state index in [1.807, 2.05) is 39.0 Å². The van der Waals surface area contributed by atoms with E-state index in [1.165, 1.54) is 0 Å². The number of ether oxygens (including phenoxy) is 3. The highest BCUT2D eigenvalue weighted by atomic mass is 28.4. The normalized spacial score (nSPS) is 17.7. The van der Waals surface area contributed by atoms with Crippen LogP contribution in [0.3, 0.4) is 0 Å². The Morgan fingerprint density at radius 3 is 1.21 bits per heavy atom. The van der Waals surface area contributed by atoms with Gasteiger partial charge >= 0.3 is 0 Å². The Labute approximate surface area is 175 Å². The quantitative estimate of drug-likeness (QED) is 0.191. The van der Waals surface area contributed by atoms with Crippen LogP contribution in [-0.4, -0.2) is 33.2 Å². The van der Waals surface area contributed by atoms with Crippen LogP contribution in [0.1, 0.15) is 67.7 Å². The Bertz CT molecular complexity index is 388. The van der Waals surface area contributed by atoms with Gasteiger partial charge in [0, 0.05) is 6.61 Å². The van der Waals surface area contributed by atoms with Crippen molar-refractivity contribution in [3.63, 3.8) is 0 Å². The van der Waals surface area contributed by atoms with E-state index in [0.29, 0.717) is 0 Å². The molecule has 0 fully saturated rings. The van der Waals surface area contributed by atoms with E-state index >= 15 is 0 Å². The Morgan fingerprint density at radius 1 is 0.643 bits per heavy atom. The van der Waals surface area contributed by atoms with Crippen LogP contribution >= 0.6 is 0 Å². The minimum atomic E-state index is -1.91. The van der Waals surface area contributed by atoms with Crippen LogP contribution in [0.4, 0.5) is 0 Å². The van der Waals surface area contributed by atoms with Crippen molar-refractivity contribution < 1.29 is 18.6 Å². The summed E-state index contributed by atoms with van der Waals surface area (Å²) in [5.41, 5.74) is 0. The van der Waals surface area contributed by atoms with Gasteiger partial charge in [-0.05, 0) is 85.9 Å². The van der Waals surface area contributed by atoms with E-state index in [0.717, 1.165) is 44.0 Å². The third-order valence-corrected chi connectivity index (χ3v) is 9.31. The molecular formula is C23H44O4Si. The molecule has 0 rings (SSSR count). The van der Waals surface area contributed by atoms with Gasteiger partial charge in [0.1, 0.15) is 0 Å². The van der Waals surface area contributed by atoms with Gasteiger partial charge in [-0.3, -0.25) is 0 Å². The summed E-state index contributed by atoms with van der Waals surface area (Å²) in [5.74, 6) is 0. The number of hydrogen-bond donors (Lipinski definition) is 0. The minimum absolute atomic E-state index is 0.205. The van der Waals surface area contributed by atoms with E-state index in [2.05, 4.69) is 27.7 Å². The summed E-state index contributed by atoms with van der Waals surface area (Å²) < 4.78 is 23.7. The SMILES string of the molecule is C/C=C\OC(C)CC[Si](CCC(C)O/C=C\C)(CCC(C)O/C=C\C)OCC. The molecule has 28 heavy (non-hydrogen) atoms. The lowest BCUT2D eigenvalue weighted by Gasteiger charge is -2.33. The van der Waals surface area contributed by atoms with Crippen molar-refractivity contribution in [2.45, 2.75) is 104 Å². The maximum atomic E-state index is 6.51. The second-order valence-corrected chi connectivity index (χ2v) is 11.6. The molecule has 5 heteroatoms. The maximum absolute atomic E-state index is 6.51. The molecule has 3 unspecified atom stereocenters. The molecular weight excluding hydrogens is 368 g/mol. The van der Waals surface area contributed by atoms with Crippen LogP contribution in [-0.2, 0) is 18.6 Å². The molecule has 0 N–H and O–H groups in total. The first-order valence-electron chi connectivity index (χ1n) is 10.9. The van der Waals surface area contributed by atoms with Crippen molar-refractivity contribution in [1.29, 1.82) is 0 Å². The highest BCUT2D eigenvalue weighted by Gasteiger charge is 2.35. The van der Waals surface area contributed by atoms with Crippen molar-refractivity contribution in [2.24, 2.45) is 0 Å². The summed E-state index contributed by atoms with van der Waals surface area (Å²) in [4.78, 5) is 0. The summed E-state index contributed by atoms with van der Waals surface area (Å²) in [6.07, 6.45) is 14.8. The average Bonchev–Trinajstić information content (AvgIpc) is 2.70. The van der Waals surface area contributed by atoms with E-state index in [4.69, 9.17) is 18.6 Å². The van der Waals surface area contributed by atoms with Crippen LogP contribution in [0.15, 0.2) is 37.0 Å². The molecule has 4 nitrogen and oxygen atoms in total. The zero-order valence-corrected chi connectivity index (χ0v) is 20.3. The zero-order chi connectivity index (χ0) is 21.3. The second-order valence-electron chi connectivity index (χ2n) is 7.48. The van der Waals surface area contributed by atoms with Gasteiger partial charge in [0.15, 0.2) is 8.32 Å². The molecule has 0 heterocycles. The van der Waals surface area contributed by atoms with Crippen LogP contribution in [0.2, 0.25) is 18.1 Å². The Balaban J connectivity index is 5.05. The first kappa shape index (κ1) is 26.8. The summed E-state index contributed by atoms with van der Waals surface area (Å²) >= 11 is 0. The lowest BCUT2D eigenvalue weighted by molar-refractivity contribution is 0.147. The number of allylic oxidation sites excluding steroid dienone is 3. The van der Waals surface area contributed by atoms with Crippen molar-refractivity contribution in [2.75, 3.05) is 6.61 Å². The van der Waals surface area contributed by atoms with Gasteiger partial charge in [-0.1, -0.05) is 18.2 Å². The van der Waals surface area contributed by atoms with E-state index in [1.54, 1.807) is 18.8 Å². The van der Waals surface area contributed by atoms with Gasteiger partial charge in [0.2, 0.25) is 0 Å². The Morgan fingerprint density at radius 2 is 0.964 bits per heavy atom. The number of rotatable bonds is 17. The van der Waals surface area contributed by atoms with Crippen molar-refractivity contribution in [3.05, 3.63) is 37.0 Å². The molecule has 0 saturated heterocycles. The molecule has 0 aliphatic heterocycles. The van der Waals surface area contributed by atoms with Gasteiger partial charge in [0.05, 0.1) is 37.1 Å². The summed E-state index contributed by atoms with van der Waals surface area (Å²) in [6, 6.07) is 3.31. The zero-order valence-electron chi connectivity index (χ0n) is 19.3. The highest BCUT2D eigenvalue weighted by molar-refractivity contribution is 6.73. The van der Waals surface area contributed by atoms with Crippen molar-refractivity contribution >= 4 is 8.32 Å². The van der Waals surface area contributed by atoms with Crippen LogP contribution in [0, 0.1) is 0 Å². The Hall–Kier alpha value is -1.20. The second kappa shape index (κ2) is 16.7. The molecule has 0 bridgehead atoms. The third kappa shape index (κ3) is 13.1. The molecule has 0 aromatic rings. The van der Waals surface area contributed by atoms with Crippen molar-refractivity contribution in [3.8, 4) is 0 Å². The van der Waals surface area contributed by atoms with E-state index in [9.17, 15) is 0 Å². The molecule has 0 aliphatic carbocycles. The largest absolute Gasteiger partial charge is 0.499 e. The first-order chi connectivity index (χ1) is 13.4. The third-order valence-electron chi connectivity index (χ3n) is 4.81. The molecule has 0 radical (unpaired) electrons. The molecule has 0 aromatic heterocycles. The predicted octanol–water partition coefficient (Wildman–Crippen LogP) is 6.95. The summed E-state index contributed by atoms with van der Waals surface area (Å²) in [6.45, 7) is 15.2. The lowest BCUT2D eigenvalue weighted by atomic mass is 10.3. The van der Waals surface area contributed by atoms with Gasteiger partial charge in [-0.25, -0.2) is 0 Å². The molecule has 0 amide bonds. The highest BCUT2D eigenvalue weighted by Crippen LogP contribution is 2.31. The fourth-order valence-corrected chi connectivity index (χ4v) is 7.73. The van der Waals surface area contributed by atoms with E-state index < -0.39 is 8.32 Å². The summed E-state index contributed by atoms with van der Waals surface area (Å²) in [5, 5.41) is 0. The van der Waals surface area contributed by atoms with Gasteiger partial charge in [0.25, 0.3) is 0 Å². The fraction of sp³-hybridized carbons (Fsp3) is 0.739. The Kier molecular flexibility index (Phi) is 16.0. The minimum Gasteiger partial charge on any atom is -0.499 e. The molecule has 0 aromatic carbocycles. The first-order valence-corrected chi connectivity index (χ1v) is 13.4. The molecule has 3 atom stereocenters. The smallest absolute Gasteiger partial charge is 0.193 e. The average molecular weight is 413 g/mol.